The third-order valence-corrected chi connectivity index (χ3v) is 3.42. The Kier molecular flexibility index (Phi) is 5.46. The standard InChI is InChI=1S/C17H16F3NO3/c18-17(19,20)16(23,14-9-5-2-6-10-14)12-21-15(22)24-11-13-7-3-1-4-8-13/h1-10,23H,11-12H2,(H,21,22). The smallest absolute Gasteiger partial charge is 0.423 e. The maximum atomic E-state index is 13.2. The molecule has 0 aliphatic carbocycles. The summed E-state index contributed by atoms with van der Waals surface area (Å²) < 4.78 is 44.6. The Bertz CT molecular complexity index is 662. The van der Waals surface area contributed by atoms with Gasteiger partial charge in [-0.1, -0.05) is 60.7 Å². The van der Waals surface area contributed by atoms with E-state index in [1.807, 2.05) is 5.32 Å². The molecule has 0 radical (unpaired) electrons. The van der Waals surface area contributed by atoms with E-state index in [1.54, 1.807) is 30.3 Å². The molecule has 7 heteroatoms. The summed E-state index contributed by atoms with van der Waals surface area (Å²) in [7, 11) is 0. The summed E-state index contributed by atoms with van der Waals surface area (Å²) in [6.45, 7) is -1.13. The molecule has 1 unspecified atom stereocenters. The number of benzene rings is 2. The minimum Gasteiger partial charge on any atom is -0.445 e. The molecule has 0 spiro atoms. The first-order valence-electron chi connectivity index (χ1n) is 7.12. The van der Waals surface area contributed by atoms with Crippen LogP contribution in [0.1, 0.15) is 11.1 Å². The highest BCUT2D eigenvalue weighted by Crippen LogP contribution is 2.38. The highest BCUT2D eigenvalue weighted by Gasteiger charge is 2.55. The second kappa shape index (κ2) is 7.35. The van der Waals surface area contributed by atoms with Crippen LogP contribution in [-0.2, 0) is 16.9 Å². The van der Waals surface area contributed by atoms with Crippen LogP contribution in [0.25, 0.3) is 0 Å². The molecule has 2 rings (SSSR count). The molecule has 0 fully saturated rings. The fraction of sp³-hybridized carbons (Fsp3) is 0.235. The Morgan fingerprint density at radius 1 is 1.00 bits per heavy atom. The molecular weight excluding hydrogens is 323 g/mol. The van der Waals surface area contributed by atoms with Gasteiger partial charge in [0.05, 0.1) is 6.54 Å². The Balaban J connectivity index is 1.99. The van der Waals surface area contributed by atoms with Gasteiger partial charge < -0.3 is 15.2 Å². The van der Waals surface area contributed by atoms with Crippen LogP contribution in [0, 0.1) is 0 Å². The van der Waals surface area contributed by atoms with Gasteiger partial charge >= 0.3 is 12.3 Å². The lowest BCUT2D eigenvalue weighted by atomic mass is 9.93. The average molecular weight is 339 g/mol. The van der Waals surface area contributed by atoms with E-state index in [0.29, 0.717) is 5.56 Å². The largest absolute Gasteiger partial charge is 0.445 e. The molecule has 0 aliphatic rings. The minimum absolute atomic E-state index is 0.0809. The van der Waals surface area contributed by atoms with Crippen LogP contribution in [-0.4, -0.2) is 23.9 Å². The summed E-state index contributed by atoms with van der Waals surface area (Å²) in [5.74, 6) is 0. The molecule has 0 saturated heterocycles. The maximum absolute atomic E-state index is 13.2. The number of hydrogen-bond acceptors (Lipinski definition) is 3. The van der Waals surface area contributed by atoms with Crippen LogP contribution >= 0.6 is 0 Å². The predicted octanol–water partition coefficient (Wildman–Crippen LogP) is 3.36. The van der Waals surface area contributed by atoms with Gasteiger partial charge in [-0.3, -0.25) is 0 Å². The molecule has 1 atom stereocenters. The van der Waals surface area contributed by atoms with Crippen molar-refractivity contribution in [3.05, 3.63) is 71.8 Å². The van der Waals surface area contributed by atoms with Crippen molar-refractivity contribution in [2.45, 2.75) is 18.4 Å². The molecular formula is C17H16F3NO3. The van der Waals surface area contributed by atoms with E-state index in [4.69, 9.17) is 4.74 Å². The van der Waals surface area contributed by atoms with Crippen LogP contribution < -0.4 is 5.32 Å². The summed E-state index contributed by atoms with van der Waals surface area (Å²) in [5.41, 5.74) is -2.86. The first-order valence-corrected chi connectivity index (χ1v) is 7.12. The number of aliphatic hydroxyl groups is 1. The third-order valence-electron chi connectivity index (χ3n) is 3.42. The van der Waals surface area contributed by atoms with E-state index in [9.17, 15) is 23.1 Å². The number of nitrogens with one attached hydrogen (secondary N) is 1. The lowest BCUT2D eigenvalue weighted by Crippen LogP contribution is -2.51. The highest BCUT2D eigenvalue weighted by molar-refractivity contribution is 5.67. The molecule has 0 heterocycles. The SMILES string of the molecule is O=C(NCC(O)(c1ccccc1)C(F)(F)F)OCc1ccccc1. The van der Waals surface area contributed by atoms with E-state index in [2.05, 4.69) is 0 Å². The van der Waals surface area contributed by atoms with Gasteiger partial charge in [0.15, 0.2) is 0 Å². The monoisotopic (exact) mass is 339 g/mol. The van der Waals surface area contributed by atoms with Crippen LogP contribution in [0.4, 0.5) is 18.0 Å². The van der Waals surface area contributed by atoms with Crippen LogP contribution in [0.3, 0.4) is 0 Å². The third kappa shape index (κ3) is 4.26. The fourth-order valence-corrected chi connectivity index (χ4v) is 2.05. The first-order chi connectivity index (χ1) is 11.3. The minimum atomic E-state index is -4.96. The molecule has 24 heavy (non-hydrogen) atoms. The topological polar surface area (TPSA) is 58.6 Å². The summed E-state index contributed by atoms with van der Waals surface area (Å²) in [6, 6.07) is 15.3. The summed E-state index contributed by atoms with van der Waals surface area (Å²) in [5, 5.41) is 12.0. The lowest BCUT2D eigenvalue weighted by Gasteiger charge is -2.30. The number of carbonyl (C=O) groups is 1. The number of alkyl carbamates (subject to hydrolysis) is 1. The van der Waals surface area contributed by atoms with Gasteiger partial charge in [0.2, 0.25) is 5.60 Å². The van der Waals surface area contributed by atoms with Crippen molar-refractivity contribution in [1.29, 1.82) is 0 Å². The zero-order valence-electron chi connectivity index (χ0n) is 12.6. The molecule has 0 aromatic heterocycles. The van der Waals surface area contributed by atoms with Crippen molar-refractivity contribution in [1.82, 2.24) is 5.32 Å². The van der Waals surface area contributed by atoms with E-state index in [1.165, 1.54) is 18.2 Å². The lowest BCUT2D eigenvalue weighted by molar-refractivity contribution is -0.263. The van der Waals surface area contributed by atoms with Gasteiger partial charge in [-0.2, -0.15) is 13.2 Å². The van der Waals surface area contributed by atoms with Crippen molar-refractivity contribution in [3.8, 4) is 0 Å². The second-order valence-electron chi connectivity index (χ2n) is 5.14. The Labute approximate surface area is 136 Å². The number of rotatable bonds is 5. The number of hydrogen-bond donors (Lipinski definition) is 2. The van der Waals surface area contributed by atoms with Crippen molar-refractivity contribution >= 4 is 6.09 Å². The zero-order chi connectivity index (χ0) is 17.6. The van der Waals surface area contributed by atoms with Gasteiger partial charge in [0.25, 0.3) is 0 Å². The van der Waals surface area contributed by atoms with Crippen LogP contribution in [0.5, 0.6) is 0 Å². The van der Waals surface area contributed by atoms with Crippen molar-refractivity contribution in [2.24, 2.45) is 0 Å². The van der Waals surface area contributed by atoms with Crippen molar-refractivity contribution < 1.29 is 27.8 Å². The van der Waals surface area contributed by atoms with E-state index in [0.717, 1.165) is 12.1 Å². The molecule has 0 saturated carbocycles. The van der Waals surface area contributed by atoms with Gasteiger partial charge in [-0.15, -0.1) is 0 Å². The Hall–Kier alpha value is -2.54. The van der Waals surface area contributed by atoms with Crippen molar-refractivity contribution in [2.75, 3.05) is 6.54 Å². The molecule has 128 valence electrons. The van der Waals surface area contributed by atoms with E-state index >= 15 is 0 Å². The molecule has 0 bridgehead atoms. The number of halogens is 3. The number of ether oxygens (including phenoxy) is 1. The van der Waals surface area contributed by atoms with Crippen LogP contribution in [0.15, 0.2) is 60.7 Å². The quantitative estimate of drug-likeness (QED) is 0.878. The Morgan fingerprint density at radius 2 is 1.54 bits per heavy atom. The fourth-order valence-electron chi connectivity index (χ4n) is 2.05. The van der Waals surface area contributed by atoms with Crippen LogP contribution in [0.2, 0.25) is 0 Å². The molecule has 2 aromatic rings. The average Bonchev–Trinajstić information content (AvgIpc) is 2.58. The van der Waals surface area contributed by atoms with Gasteiger partial charge in [0, 0.05) is 0 Å². The van der Waals surface area contributed by atoms with Gasteiger partial charge in [-0.05, 0) is 11.1 Å². The van der Waals surface area contributed by atoms with E-state index < -0.39 is 24.4 Å². The van der Waals surface area contributed by atoms with Gasteiger partial charge in [-0.25, -0.2) is 4.79 Å². The molecule has 4 nitrogen and oxygen atoms in total. The first kappa shape index (κ1) is 17.8. The molecule has 2 N–H and O–H groups in total. The predicted molar refractivity (Wildman–Crippen MR) is 81.0 cm³/mol. The number of alkyl halides is 3. The molecule has 1 amide bonds. The normalized spacial score (nSPS) is 13.8. The second-order valence-corrected chi connectivity index (χ2v) is 5.14. The summed E-state index contributed by atoms with van der Waals surface area (Å²) in [6.07, 6.45) is -6.00. The van der Waals surface area contributed by atoms with E-state index in [-0.39, 0.29) is 12.2 Å². The molecule has 2 aromatic carbocycles. The maximum Gasteiger partial charge on any atom is 0.423 e. The number of amides is 1. The van der Waals surface area contributed by atoms with Crippen molar-refractivity contribution in [3.63, 3.8) is 0 Å². The molecule has 0 aliphatic heterocycles. The number of carbonyl (C=O) groups excluding carboxylic acids is 1. The summed E-state index contributed by atoms with van der Waals surface area (Å²) in [4.78, 5) is 11.6. The zero-order valence-corrected chi connectivity index (χ0v) is 12.6. The summed E-state index contributed by atoms with van der Waals surface area (Å²) >= 11 is 0. The highest BCUT2D eigenvalue weighted by atomic mass is 19.4. The Morgan fingerprint density at radius 3 is 2.08 bits per heavy atom. The van der Waals surface area contributed by atoms with Gasteiger partial charge in [0.1, 0.15) is 6.61 Å².